The molecule has 0 radical (unpaired) electrons. The summed E-state index contributed by atoms with van der Waals surface area (Å²) >= 11 is 1.47. The van der Waals surface area contributed by atoms with Crippen LogP contribution in [0.5, 0.6) is 5.88 Å². The lowest BCUT2D eigenvalue weighted by atomic mass is 10.0. The van der Waals surface area contributed by atoms with Crippen molar-refractivity contribution in [1.29, 1.82) is 5.41 Å². The van der Waals surface area contributed by atoms with Crippen LogP contribution in [0.4, 0.5) is 11.4 Å². The van der Waals surface area contributed by atoms with Crippen molar-refractivity contribution in [2.75, 3.05) is 56.9 Å². The van der Waals surface area contributed by atoms with Crippen LogP contribution in [-0.4, -0.2) is 102 Å². The zero-order chi connectivity index (χ0) is 35.1. The minimum Gasteiger partial charge on any atom is -0.475 e. The molecule has 2 aromatic heterocycles. The predicted octanol–water partition coefficient (Wildman–Crippen LogP) is 3.68. The number of amidine groups is 1. The maximum Gasteiger partial charge on any atom is 0.237 e. The third kappa shape index (κ3) is 8.56. The van der Waals surface area contributed by atoms with Crippen molar-refractivity contribution in [2.45, 2.75) is 39.7 Å². The number of hydrogen-bond donors (Lipinski definition) is 3. The van der Waals surface area contributed by atoms with E-state index in [0.717, 1.165) is 15.5 Å². The van der Waals surface area contributed by atoms with Gasteiger partial charge in [-0.2, -0.15) is 0 Å². The van der Waals surface area contributed by atoms with Crippen LogP contribution >= 0.6 is 11.3 Å². The molecule has 2 amide bonds. The van der Waals surface area contributed by atoms with Gasteiger partial charge < -0.3 is 26.0 Å². The highest BCUT2D eigenvalue weighted by atomic mass is 32.1. The van der Waals surface area contributed by atoms with Gasteiger partial charge in [-0.3, -0.25) is 24.9 Å². The summed E-state index contributed by atoms with van der Waals surface area (Å²) in [6.45, 7) is 8.81. The maximum atomic E-state index is 13.8. The molecule has 5 N–H and O–H groups in total. The van der Waals surface area contributed by atoms with Gasteiger partial charge in [0, 0.05) is 74.2 Å². The number of likely N-dealkylation sites (tertiary alicyclic amines) is 1. The number of nitrogens with one attached hydrogen (secondary N) is 1. The third-order valence-corrected chi connectivity index (χ3v) is 9.56. The quantitative estimate of drug-likeness (QED) is 0.147. The van der Waals surface area contributed by atoms with E-state index in [-0.39, 0.29) is 36.1 Å². The minimum absolute atomic E-state index is 0.00224. The number of anilines is 2. The molecule has 1 atom stereocenters. The normalized spacial score (nSPS) is 17.1. The number of carbonyl (C=O) groups is 2. The van der Waals surface area contributed by atoms with Gasteiger partial charge in [0.05, 0.1) is 29.2 Å². The van der Waals surface area contributed by atoms with Crippen LogP contribution in [0.1, 0.15) is 54.6 Å². The van der Waals surface area contributed by atoms with E-state index >= 15 is 0 Å². The summed E-state index contributed by atoms with van der Waals surface area (Å²) in [6.07, 6.45) is 8.13. The SMILES string of the molecule is CCN(C(=O)[C@@H]1CCN(CC(=O)N2CC=C(c3ncc(C(N)=NC=NC)s3)CC2)C1)c1ccc(N)c(C(=N)c2ccc(OC(C)C)nc2)c1. The van der Waals surface area contributed by atoms with E-state index in [1.807, 2.05) is 37.8 Å². The van der Waals surface area contributed by atoms with Gasteiger partial charge in [0.1, 0.15) is 17.2 Å². The Morgan fingerprint density at radius 2 is 2.02 bits per heavy atom. The molecule has 0 aliphatic carbocycles. The highest BCUT2D eigenvalue weighted by Gasteiger charge is 2.33. The number of ether oxygens (including phenoxy) is 1. The molecule has 49 heavy (non-hydrogen) atoms. The average Bonchev–Trinajstić information content (AvgIpc) is 3.79. The van der Waals surface area contributed by atoms with Crippen LogP contribution in [0.2, 0.25) is 0 Å². The molecular weight excluding hydrogens is 641 g/mol. The first kappa shape index (κ1) is 35.4. The third-order valence-electron chi connectivity index (χ3n) is 8.47. The van der Waals surface area contributed by atoms with Gasteiger partial charge >= 0.3 is 0 Å². The first-order valence-corrected chi connectivity index (χ1v) is 17.2. The van der Waals surface area contributed by atoms with E-state index in [1.165, 1.54) is 17.7 Å². The largest absolute Gasteiger partial charge is 0.475 e. The van der Waals surface area contributed by atoms with Gasteiger partial charge in [-0.1, -0.05) is 6.08 Å². The molecule has 258 valence electrons. The Labute approximate surface area is 290 Å². The first-order valence-electron chi connectivity index (χ1n) is 16.4. The molecule has 4 heterocycles. The van der Waals surface area contributed by atoms with Crippen LogP contribution in [0.3, 0.4) is 0 Å². The maximum absolute atomic E-state index is 13.8. The number of nitrogens with zero attached hydrogens (tertiary/aromatic N) is 7. The smallest absolute Gasteiger partial charge is 0.237 e. The van der Waals surface area contributed by atoms with Crippen LogP contribution in [0.25, 0.3) is 5.57 Å². The Kier molecular flexibility index (Phi) is 11.5. The van der Waals surface area contributed by atoms with Crippen molar-refractivity contribution in [1.82, 2.24) is 19.8 Å². The van der Waals surface area contributed by atoms with E-state index < -0.39 is 0 Å². The van der Waals surface area contributed by atoms with Crippen LogP contribution < -0.4 is 21.1 Å². The number of nitrogen functional groups attached to an aromatic ring is 1. The molecule has 2 aliphatic rings. The van der Waals surface area contributed by atoms with Crippen LogP contribution in [0.15, 0.2) is 58.8 Å². The molecule has 5 rings (SSSR count). The van der Waals surface area contributed by atoms with Crippen molar-refractivity contribution in [3.05, 3.63) is 69.8 Å². The molecule has 1 fully saturated rings. The molecule has 14 heteroatoms. The number of aliphatic imine (C=N–C) groups is 2. The van der Waals surface area contributed by atoms with E-state index in [9.17, 15) is 9.59 Å². The zero-order valence-corrected chi connectivity index (χ0v) is 29.2. The molecular formula is C35H44N10O3S. The monoisotopic (exact) mass is 684 g/mol. The molecule has 0 bridgehead atoms. The zero-order valence-electron chi connectivity index (χ0n) is 28.4. The summed E-state index contributed by atoms with van der Waals surface area (Å²) in [5, 5.41) is 9.71. The van der Waals surface area contributed by atoms with E-state index in [0.29, 0.717) is 79.8 Å². The Balaban J connectivity index is 1.17. The second kappa shape index (κ2) is 16.0. The Morgan fingerprint density at radius 1 is 1.20 bits per heavy atom. The van der Waals surface area contributed by atoms with Gasteiger partial charge in [-0.25, -0.2) is 15.0 Å². The molecule has 3 aromatic rings. The number of hydrogen-bond acceptors (Lipinski definition) is 10. The number of aromatic nitrogens is 2. The lowest BCUT2D eigenvalue weighted by Gasteiger charge is -2.28. The summed E-state index contributed by atoms with van der Waals surface area (Å²) in [5.41, 5.74) is 15.9. The number of carbonyl (C=O) groups excluding carboxylic acids is 2. The highest BCUT2D eigenvalue weighted by molar-refractivity contribution is 7.14. The van der Waals surface area contributed by atoms with Gasteiger partial charge in [0.2, 0.25) is 17.7 Å². The molecule has 1 aromatic carbocycles. The lowest BCUT2D eigenvalue weighted by Crippen LogP contribution is -2.42. The van der Waals surface area contributed by atoms with Gasteiger partial charge in [0.15, 0.2) is 0 Å². The molecule has 0 unspecified atom stereocenters. The number of nitrogens with two attached hydrogens (primary N) is 2. The van der Waals surface area contributed by atoms with E-state index in [2.05, 4.69) is 24.9 Å². The fraction of sp³-hybridized carbons (Fsp3) is 0.400. The standard InChI is InChI=1S/C35H44N10O3S/c1-5-45(26-7-8-28(36)27(16-26)32(37)24-6-9-30(40-17-24)48-22(2)3)35(47)25-10-13-43(19-25)20-31(46)44-14-11-23(12-15-44)34-41-18-29(49-34)33(38)42-21-39-4/h6-9,11,16-18,21-22,25,37H,5,10,12-15,19-20,36H2,1-4H3,(H2,38,39,42)/t25-/m1/s1. The van der Waals surface area contributed by atoms with Crippen molar-refractivity contribution in [3.63, 3.8) is 0 Å². The summed E-state index contributed by atoms with van der Waals surface area (Å²) in [4.78, 5) is 50.2. The van der Waals surface area contributed by atoms with E-state index in [1.54, 1.807) is 48.6 Å². The van der Waals surface area contributed by atoms with Gasteiger partial charge in [-0.15, -0.1) is 11.3 Å². The second-order valence-electron chi connectivity index (χ2n) is 12.2. The molecule has 13 nitrogen and oxygen atoms in total. The van der Waals surface area contributed by atoms with Crippen LogP contribution in [0, 0.1) is 11.3 Å². The number of amides is 2. The van der Waals surface area contributed by atoms with Gasteiger partial charge in [-0.05, 0) is 70.0 Å². The number of benzene rings is 1. The average molecular weight is 685 g/mol. The fourth-order valence-electron chi connectivity index (χ4n) is 5.89. The second-order valence-corrected chi connectivity index (χ2v) is 13.3. The Morgan fingerprint density at radius 3 is 2.69 bits per heavy atom. The molecule has 1 saturated heterocycles. The first-order chi connectivity index (χ1) is 23.6. The summed E-state index contributed by atoms with van der Waals surface area (Å²) in [5.74, 6) is 0.668. The topological polar surface area (TPSA) is 179 Å². The number of pyridine rings is 1. The van der Waals surface area contributed by atoms with E-state index in [4.69, 9.17) is 21.6 Å². The predicted molar refractivity (Wildman–Crippen MR) is 196 cm³/mol. The summed E-state index contributed by atoms with van der Waals surface area (Å²) in [7, 11) is 1.63. The van der Waals surface area contributed by atoms with Gasteiger partial charge in [0.25, 0.3) is 0 Å². The minimum atomic E-state index is -0.238. The van der Waals surface area contributed by atoms with Crippen molar-refractivity contribution in [2.24, 2.45) is 21.6 Å². The Bertz CT molecular complexity index is 1760. The van der Waals surface area contributed by atoms with Crippen molar-refractivity contribution < 1.29 is 14.3 Å². The van der Waals surface area contributed by atoms with Crippen molar-refractivity contribution in [3.8, 4) is 5.88 Å². The lowest BCUT2D eigenvalue weighted by molar-refractivity contribution is -0.132. The van der Waals surface area contributed by atoms with Crippen LogP contribution in [-0.2, 0) is 9.59 Å². The fourth-order valence-corrected chi connectivity index (χ4v) is 6.79. The number of rotatable bonds is 12. The molecule has 0 saturated carbocycles. The highest BCUT2D eigenvalue weighted by Crippen LogP contribution is 2.29. The summed E-state index contributed by atoms with van der Waals surface area (Å²) < 4.78 is 5.62. The molecule has 2 aliphatic heterocycles. The number of thiazole rings is 1. The Hall–Kier alpha value is -4.95. The summed E-state index contributed by atoms with van der Waals surface area (Å²) in [6, 6.07) is 8.86. The molecule has 0 spiro atoms. The van der Waals surface area contributed by atoms with Crippen molar-refractivity contribution >= 4 is 58.0 Å².